The summed E-state index contributed by atoms with van der Waals surface area (Å²) in [4.78, 5) is 6.77. The topological polar surface area (TPSA) is 88.2 Å². The molecule has 0 heterocycles. The molecule has 0 amide bonds. The van der Waals surface area contributed by atoms with E-state index in [2.05, 4.69) is 4.90 Å². The predicted molar refractivity (Wildman–Crippen MR) is 108 cm³/mol. The van der Waals surface area contributed by atoms with Crippen molar-refractivity contribution in [1.82, 2.24) is 0 Å². The number of aliphatic hydroxyl groups excluding tert-OH is 2. The molecule has 0 saturated carbocycles. The molecule has 3 aromatic rings. The van der Waals surface area contributed by atoms with Gasteiger partial charge in [-0.2, -0.15) is 0 Å². The van der Waals surface area contributed by atoms with E-state index in [1.165, 1.54) is 0 Å². The molecule has 0 aliphatic carbocycles. The summed E-state index contributed by atoms with van der Waals surface area (Å²) in [6, 6.07) is 21.2. The monoisotopic (exact) mass is 380 g/mol. The summed E-state index contributed by atoms with van der Waals surface area (Å²) in [5.41, 5.74) is 5.28. The molecule has 0 saturated heterocycles. The molecule has 0 spiro atoms. The largest absolute Gasteiger partial charge is 0.496 e. The summed E-state index contributed by atoms with van der Waals surface area (Å²) >= 11 is 0. The molecule has 0 atom stereocenters. The zero-order chi connectivity index (χ0) is 19.9. The third-order valence-electron chi connectivity index (χ3n) is 4.52. The maximum atomic E-state index is 9.51. The van der Waals surface area contributed by atoms with Crippen molar-refractivity contribution in [1.29, 1.82) is 0 Å². The molecule has 146 valence electrons. The molecule has 0 aromatic heterocycles. The van der Waals surface area contributed by atoms with Crippen LogP contribution >= 0.6 is 0 Å². The molecule has 0 aliphatic heterocycles. The second kappa shape index (κ2) is 9.34. The van der Waals surface area contributed by atoms with E-state index in [-0.39, 0.29) is 13.2 Å². The number of aliphatic hydroxyl groups is 2. The lowest BCUT2D eigenvalue weighted by molar-refractivity contribution is 0.124. The molecule has 0 bridgehead atoms. The smallest absolute Gasteiger partial charge is 0.126 e. The number of hydrogen-bond acceptors (Lipinski definition) is 6. The average molecular weight is 380 g/mol. The number of rotatable bonds is 8. The number of hydrogen-bond donors (Lipinski definition) is 3. The highest BCUT2D eigenvalue weighted by atomic mass is 16.6. The van der Waals surface area contributed by atoms with E-state index < -0.39 is 0 Å². The Balaban J connectivity index is 2.08. The first-order chi connectivity index (χ1) is 13.7. The first-order valence-corrected chi connectivity index (χ1v) is 8.88. The van der Waals surface area contributed by atoms with Crippen molar-refractivity contribution < 1.29 is 19.8 Å². The lowest BCUT2D eigenvalue weighted by Crippen LogP contribution is -2.11. The second-order valence-electron chi connectivity index (χ2n) is 6.29. The second-order valence-corrected chi connectivity index (χ2v) is 6.29. The van der Waals surface area contributed by atoms with Crippen molar-refractivity contribution >= 4 is 17.1 Å². The van der Waals surface area contributed by atoms with E-state index in [0.29, 0.717) is 12.4 Å². The zero-order valence-electron chi connectivity index (χ0n) is 15.7. The summed E-state index contributed by atoms with van der Waals surface area (Å²) in [7, 11) is 1.58. The highest BCUT2D eigenvalue weighted by Gasteiger charge is 2.15. The van der Waals surface area contributed by atoms with E-state index >= 15 is 0 Å². The Morgan fingerprint density at radius 1 is 0.786 bits per heavy atom. The first-order valence-electron chi connectivity index (χ1n) is 8.88. The van der Waals surface area contributed by atoms with Gasteiger partial charge in [-0.25, -0.2) is 5.90 Å². The molecule has 0 radical (unpaired) electrons. The summed E-state index contributed by atoms with van der Waals surface area (Å²) < 4.78 is 5.44. The molecule has 28 heavy (non-hydrogen) atoms. The fraction of sp³-hybridized carbons (Fsp3) is 0.182. The number of methoxy groups -OCH3 is 1. The van der Waals surface area contributed by atoms with Gasteiger partial charge in [0.25, 0.3) is 0 Å². The van der Waals surface area contributed by atoms with Crippen molar-refractivity contribution in [3.8, 4) is 5.75 Å². The van der Waals surface area contributed by atoms with Crippen molar-refractivity contribution in [3.63, 3.8) is 0 Å². The van der Waals surface area contributed by atoms with Crippen LogP contribution in [0.25, 0.3) is 0 Å². The minimum Gasteiger partial charge on any atom is -0.496 e. The third-order valence-corrected chi connectivity index (χ3v) is 4.52. The summed E-state index contributed by atoms with van der Waals surface area (Å²) in [5.74, 6) is 5.78. The van der Waals surface area contributed by atoms with Crippen LogP contribution in [0.15, 0.2) is 66.7 Å². The van der Waals surface area contributed by atoms with Crippen LogP contribution in [0.2, 0.25) is 0 Å². The standard InChI is InChI=1S/C22H24N2O4/c1-27-22-12-21(11-6-18(22)14-26)24(19-7-2-16(13-25)3-8-19)20-9-4-17(5-10-20)15-28-23/h2-12,25-26H,13-15,23H2,1H3. The Kier molecular flexibility index (Phi) is 6.62. The Morgan fingerprint density at radius 2 is 1.36 bits per heavy atom. The van der Waals surface area contributed by atoms with Crippen LogP contribution in [0, 0.1) is 0 Å². The fourth-order valence-corrected chi connectivity index (χ4v) is 3.04. The van der Waals surface area contributed by atoms with Crippen LogP contribution in [0.4, 0.5) is 17.1 Å². The van der Waals surface area contributed by atoms with E-state index in [4.69, 9.17) is 15.5 Å². The van der Waals surface area contributed by atoms with E-state index in [9.17, 15) is 10.2 Å². The maximum Gasteiger partial charge on any atom is 0.126 e. The molecule has 6 nitrogen and oxygen atoms in total. The lowest BCUT2D eigenvalue weighted by Gasteiger charge is -2.26. The SMILES string of the molecule is COc1cc(N(c2ccc(CO)cc2)c2ccc(CON)cc2)ccc1CO. The van der Waals surface area contributed by atoms with Gasteiger partial charge in [-0.3, -0.25) is 4.84 Å². The molecule has 0 aliphatic rings. The Bertz CT molecular complexity index is 895. The maximum absolute atomic E-state index is 9.51. The fourth-order valence-electron chi connectivity index (χ4n) is 3.04. The van der Waals surface area contributed by atoms with Gasteiger partial charge in [0, 0.05) is 28.7 Å². The van der Waals surface area contributed by atoms with Crippen molar-refractivity contribution in [3.05, 3.63) is 83.4 Å². The molecule has 0 unspecified atom stereocenters. The van der Waals surface area contributed by atoms with Crippen molar-refractivity contribution in [2.75, 3.05) is 12.0 Å². The Hall–Kier alpha value is -2.90. The third kappa shape index (κ3) is 4.32. The molecule has 0 fully saturated rings. The minimum atomic E-state index is -0.0948. The number of benzene rings is 3. The highest BCUT2D eigenvalue weighted by molar-refractivity contribution is 5.77. The summed E-state index contributed by atoms with van der Waals surface area (Å²) in [5, 5.41) is 18.8. The van der Waals surface area contributed by atoms with Gasteiger partial charge in [0.05, 0.1) is 26.9 Å². The van der Waals surface area contributed by atoms with Gasteiger partial charge in [-0.1, -0.05) is 30.3 Å². The van der Waals surface area contributed by atoms with Crippen molar-refractivity contribution in [2.24, 2.45) is 5.90 Å². The molecule has 3 aromatic carbocycles. The number of nitrogens with zero attached hydrogens (tertiary/aromatic N) is 1. The predicted octanol–water partition coefficient (Wildman–Crippen LogP) is 3.54. The first kappa shape index (κ1) is 19.9. The normalized spacial score (nSPS) is 10.7. The average Bonchev–Trinajstić information content (AvgIpc) is 2.75. The molecule has 4 N–H and O–H groups in total. The van der Waals surface area contributed by atoms with E-state index in [1.807, 2.05) is 66.7 Å². The zero-order valence-corrected chi connectivity index (χ0v) is 15.7. The van der Waals surface area contributed by atoms with Gasteiger partial charge >= 0.3 is 0 Å². The van der Waals surface area contributed by atoms with Crippen LogP contribution in [0.1, 0.15) is 16.7 Å². The number of anilines is 3. The number of nitrogens with two attached hydrogens (primary N) is 1. The van der Waals surface area contributed by atoms with Crippen LogP contribution in [0.5, 0.6) is 5.75 Å². The quantitative estimate of drug-likeness (QED) is 0.518. The Labute approximate surface area is 164 Å². The van der Waals surface area contributed by atoms with Crippen LogP contribution < -0.4 is 15.5 Å². The van der Waals surface area contributed by atoms with Gasteiger partial charge in [-0.15, -0.1) is 0 Å². The van der Waals surface area contributed by atoms with Crippen LogP contribution in [-0.2, 0) is 24.7 Å². The molecule has 3 rings (SSSR count). The molecular weight excluding hydrogens is 356 g/mol. The highest BCUT2D eigenvalue weighted by Crippen LogP contribution is 2.37. The summed E-state index contributed by atoms with van der Waals surface area (Å²) in [6.45, 7) is 0.236. The van der Waals surface area contributed by atoms with E-state index in [1.54, 1.807) is 7.11 Å². The summed E-state index contributed by atoms with van der Waals surface area (Å²) in [6.07, 6.45) is 0. The van der Waals surface area contributed by atoms with Gasteiger partial charge in [0.2, 0.25) is 0 Å². The number of ether oxygens (including phenoxy) is 1. The molecular formula is C22H24N2O4. The van der Waals surface area contributed by atoms with Gasteiger partial charge in [-0.05, 0) is 41.5 Å². The Morgan fingerprint density at radius 3 is 1.86 bits per heavy atom. The van der Waals surface area contributed by atoms with Crippen molar-refractivity contribution in [2.45, 2.75) is 19.8 Å². The van der Waals surface area contributed by atoms with Gasteiger partial charge in [0.15, 0.2) is 0 Å². The minimum absolute atomic E-state index is 0.00686. The van der Waals surface area contributed by atoms with Gasteiger partial charge in [0.1, 0.15) is 5.75 Å². The van der Waals surface area contributed by atoms with Crippen LogP contribution in [-0.4, -0.2) is 17.3 Å². The lowest BCUT2D eigenvalue weighted by atomic mass is 10.1. The van der Waals surface area contributed by atoms with Crippen LogP contribution in [0.3, 0.4) is 0 Å². The van der Waals surface area contributed by atoms with E-state index in [0.717, 1.165) is 33.8 Å². The molecule has 6 heteroatoms. The van der Waals surface area contributed by atoms with Gasteiger partial charge < -0.3 is 19.8 Å².